The number of fused-ring (bicyclic) bond motifs is 1. The summed E-state index contributed by atoms with van der Waals surface area (Å²) in [6.07, 6.45) is 2.08. The third kappa shape index (κ3) is 2.98. The number of aromatic amines is 1. The summed E-state index contributed by atoms with van der Waals surface area (Å²) in [7, 11) is -3.76. The van der Waals surface area contributed by atoms with Gasteiger partial charge >= 0.3 is 0 Å². The third-order valence-electron chi connectivity index (χ3n) is 5.00. The Morgan fingerprint density at radius 1 is 1.30 bits per heavy atom. The molecule has 0 atom stereocenters. The molecule has 4 rings (SSSR count). The molecule has 1 N–H and O–H groups in total. The molecule has 27 heavy (non-hydrogen) atoms. The average molecular weight is 391 g/mol. The molecule has 10 heteroatoms. The highest BCUT2D eigenvalue weighted by atomic mass is 32.2. The smallest absolute Gasteiger partial charge is 0.273 e. The van der Waals surface area contributed by atoms with E-state index in [0.717, 1.165) is 5.56 Å². The zero-order valence-corrected chi connectivity index (χ0v) is 16.0. The van der Waals surface area contributed by atoms with E-state index >= 15 is 0 Å². The normalized spacial score (nSPS) is 19.6. The first-order valence-corrected chi connectivity index (χ1v) is 10.2. The summed E-state index contributed by atoms with van der Waals surface area (Å²) in [5.74, 6) is 0.212. The molecule has 1 aromatic carbocycles. The highest BCUT2D eigenvalue weighted by molar-refractivity contribution is 7.89. The van der Waals surface area contributed by atoms with Crippen LogP contribution in [0.3, 0.4) is 0 Å². The summed E-state index contributed by atoms with van der Waals surface area (Å²) in [5.41, 5.74) is 0.424. The van der Waals surface area contributed by atoms with E-state index in [1.165, 1.54) is 10.5 Å². The number of para-hydroxylation sites is 1. The van der Waals surface area contributed by atoms with Crippen molar-refractivity contribution in [1.29, 1.82) is 0 Å². The van der Waals surface area contributed by atoms with E-state index in [2.05, 4.69) is 15.4 Å². The van der Waals surface area contributed by atoms with Crippen LogP contribution in [0.1, 0.15) is 29.9 Å². The van der Waals surface area contributed by atoms with Crippen molar-refractivity contribution in [3.8, 4) is 5.75 Å². The molecule has 9 nitrogen and oxygen atoms in total. The number of aromatic nitrogens is 3. The maximum absolute atomic E-state index is 13.4. The van der Waals surface area contributed by atoms with E-state index < -0.39 is 15.6 Å². The van der Waals surface area contributed by atoms with Gasteiger partial charge in [0.25, 0.3) is 5.91 Å². The molecule has 1 amide bonds. The molecule has 2 aliphatic heterocycles. The summed E-state index contributed by atoms with van der Waals surface area (Å²) in [6.45, 7) is 4.88. The van der Waals surface area contributed by atoms with Crippen molar-refractivity contribution in [2.45, 2.75) is 30.7 Å². The lowest BCUT2D eigenvalue weighted by Gasteiger charge is -2.45. The van der Waals surface area contributed by atoms with Crippen molar-refractivity contribution in [1.82, 2.24) is 24.6 Å². The van der Waals surface area contributed by atoms with E-state index in [4.69, 9.17) is 4.74 Å². The number of rotatable bonds is 3. The van der Waals surface area contributed by atoms with Gasteiger partial charge in [-0.05, 0) is 25.5 Å². The molecule has 1 fully saturated rings. The van der Waals surface area contributed by atoms with Gasteiger partial charge in [0.1, 0.15) is 16.3 Å². The van der Waals surface area contributed by atoms with Crippen LogP contribution in [0.25, 0.3) is 0 Å². The second-order valence-electron chi connectivity index (χ2n) is 7.33. The van der Waals surface area contributed by atoms with Crippen molar-refractivity contribution in [3.63, 3.8) is 0 Å². The van der Waals surface area contributed by atoms with E-state index in [9.17, 15) is 13.2 Å². The molecule has 2 aliphatic rings. The number of piperazine rings is 1. The van der Waals surface area contributed by atoms with Gasteiger partial charge in [0.2, 0.25) is 10.0 Å². The van der Waals surface area contributed by atoms with Gasteiger partial charge < -0.3 is 9.64 Å². The van der Waals surface area contributed by atoms with Crippen LogP contribution >= 0.6 is 0 Å². The Kier molecular flexibility index (Phi) is 4.19. The Morgan fingerprint density at radius 3 is 2.81 bits per heavy atom. The Balaban J connectivity index is 1.62. The predicted octanol–water partition coefficient (Wildman–Crippen LogP) is 0.665. The molecule has 3 heterocycles. The molecule has 0 bridgehead atoms. The number of benzene rings is 1. The highest BCUT2D eigenvalue weighted by Crippen LogP contribution is 2.37. The van der Waals surface area contributed by atoms with Gasteiger partial charge in [-0.15, -0.1) is 5.10 Å². The molecule has 0 saturated carbocycles. The minimum Gasteiger partial charge on any atom is -0.492 e. The quantitative estimate of drug-likeness (QED) is 0.824. The number of hydrogen-bond acceptors (Lipinski definition) is 6. The molecule has 2 aromatic rings. The molecule has 0 aliphatic carbocycles. The van der Waals surface area contributed by atoms with Gasteiger partial charge in [0.15, 0.2) is 0 Å². The largest absolute Gasteiger partial charge is 0.492 e. The van der Waals surface area contributed by atoms with E-state index in [1.54, 1.807) is 17.0 Å². The second-order valence-corrected chi connectivity index (χ2v) is 9.16. The Bertz CT molecular complexity index is 971. The zero-order chi connectivity index (χ0) is 19.2. The fraction of sp³-hybridized carbons (Fsp3) is 0.471. The van der Waals surface area contributed by atoms with Crippen LogP contribution in [0.4, 0.5) is 0 Å². The number of nitrogens with zero attached hydrogens (tertiary/aromatic N) is 4. The molecule has 1 aromatic heterocycles. The lowest BCUT2D eigenvalue weighted by atomic mass is 10.0. The summed E-state index contributed by atoms with van der Waals surface area (Å²) in [6, 6.07) is 5.23. The van der Waals surface area contributed by atoms with Crippen LogP contribution in [-0.2, 0) is 16.4 Å². The zero-order valence-electron chi connectivity index (χ0n) is 15.2. The summed E-state index contributed by atoms with van der Waals surface area (Å²) >= 11 is 0. The van der Waals surface area contributed by atoms with Gasteiger partial charge in [0.05, 0.1) is 12.8 Å². The number of amides is 1. The fourth-order valence-electron chi connectivity index (χ4n) is 3.74. The minimum atomic E-state index is -3.76. The first kappa shape index (κ1) is 17.9. The van der Waals surface area contributed by atoms with Gasteiger partial charge in [-0.1, -0.05) is 17.3 Å². The van der Waals surface area contributed by atoms with E-state index in [-0.39, 0.29) is 36.1 Å². The van der Waals surface area contributed by atoms with Gasteiger partial charge in [0, 0.05) is 31.6 Å². The standard InChI is InChI=1S/C17H21N5O4S/c1-17(2)11-21(16(23)13-10-18-20-19-13)7-8-22(17)27(24,25)14-5-3-4-12-6-9-26-15(12)14/h3-5,10H,6-9,11H2,1-2H3,(H,18,19,20). The van der Waals surface area contributed by atoms with Crippen LogP contribution in [-0.4, -0.2) is 70.7 Å². The number of nitrogens with one attached hydrogen (secondary N) is 1. The van der Waals surface area contributed by atoms with Crippen LogP contribution in [0.2, 0.25) is 0 Å². The Hall–Kier alpha value is -2.46. The molecule has 0 radical (unpaired) electrons. The molecule has 1 saturated heterocycles. The summed E-state index contributed by atoms with van der Waals surface area (Å²) < 4.78 is 33.8. The van der Waals surface area contributed by atoms with Crippen molar-refractivity contribution in [2.24, 2.45) is 0 Å². The summed E-state index contributed by atoms with van der Waals surface area (Å²) in [4.78, 5) is 14.4. The maximum Gasteiger partial charge on any atom is 0.273 e. The van der Waals surface area contributed by atoms with Crippen LogP contribution in [0.15, 0.2) is 29.3 Å². The van der Waals surface area contributed by atoms with Crippen molar-refractivity contribution in [2.75, 3.05) is 26.2 Å². The first-order valence-electron chi connectivity index (χ1n) is 8.73. The topological polar surface area (TPSA) is 108 Å². The fourth-order valence-corrected chi connectivity index (χ4v) is 5.68. The molecule has 144 valence electrons. The van der Waals surface area contributed by atoms with Crippen molar-refractivity contribution >= 4 is 15.9 Å². The van der Waals surface area contributed by atoms with Crippen molar-refractivity contribution < 1.29 is 17.9 Å². The van der Waals surface area contributed by atoms with Crippen LogP contribution < -0.4 is 4.74 Å². The summed E-state index contributed by atoms with van der Waals surface area (Å²) in [5, 5.41) is 9.74. The number of H-pyrrole nitrogens is 1. The predicted molar refractivity (Wildman–Crippen MR) is 95.9 cm³/mol. The van der Waals surface area contributed by atoms with E-state index in [1.807, 2.05) is 19.9 Å². The number of hydrogen-bond donors (Lipinski definition) is 1. The van der Waals surface area contributed by atoms with E-state index in [0.29, 0.717) is 18.8 Å². The lowest BCUT2D eigenvalue weighted by Crippen LogP contribution is -2.61. The number of ether oxygens (including phenoxy) is 1. The number of carbonyl (C=O) groups excluding carboxylic acids is 1. The Labute approximate surface area is 157 Å². The molecule has 0 unspecified atom stereocenters. The molecular weight excluding hydrogens is 370 g/mol. The second kappa shape index (κ2) is 6.31. The average Bonchev–Trinajstić information content (AvgIpc) is 3.30. The lowest BCUT2D eigenvalue weighted by molar-refractivity contribution is 0.0489. The van der Waals surface area contributed by atoms with Gasteiger partial charge in [-0.2, -0.15) is 4.31 Å². The van der Waals surface area contributed by atoms with Crippen LogP contribution in [0.5, 0.6) is 5.75 Å². The minimum absolute atomic E-state index is 0.197. The Morgan fingerprint density at radius 2 is 2.11 bits per heavy atom. The van der Waals surface area contributed by atoms with Crippen molar-refractivity contribution in [3.05, 3.63) is 35.7 Å². The molecular formula is C17H21N5O4S. The third-order valence-corrected chi connectivity index (χ3v) is 7.14. The monoisotopic (exact) mass is 391 g/mol. The SMILES string of the molecule is CC1(C)CN(C(=O)c2cnn[nH]2)CCN1S(=O)(=O)c1cccc2c1OCC2. The molecule has 0 spiro atoms. The highest BCUT2D eigenvalue weighted by Gasteiger charge is 2.44. The van der Waals surface area contributed by atoms with Gasteiger partial charge in [-0.3, -0.25) is 9.89 Å². The number of sulfonamides is 1. The van der Waals surface area contributed by atoms with Crippen LogP contribution in [0, 0.1) is 0 Å². The first-order chi connectivity index (χ1) is 12.8. The number of carbonyl (C=O) groups is 1. The maximum atomic E-state index is 13.4. The van der Waals surface area contributed by atoms with Gasteiger partial charge in [-0.25, -0.2) is 8.42 Å².